The predicted molar refractivity (Wildman–Crippen MR) is 117 cm³/mol. The molecule has 2 fully saturated rings. The Morgan fingerprint density at radius 3 is 2.52 bits per heavy atom. The fourth-order valence-electron chi connectivity index (χ4n) is 4.40. The number of rotatable bonds is 9. The maximum Gasteiger partial charge on any atom is 0.240 e. The van der Waals surface area contributed by atoms with Crippen LogP contribution in [0.4, 0.5) is 0 Å². The summed E-state index contributed by atoms with van der Waals surface area (Å²) in [4.78, 5) is 52.4. The number of benzene rings is 1. The van der Waals surface area contributed by atoms with Crippen LogP contribution in [-0.2, 0) is 25.6 Å². The average Bonchev–Trinajstić information content (AvgIpc) is 3.44. The number of hydrogen-bond donors (Lipinski definition) is 2. The molecule has 0 saturated carbocycles. The third-order valence-corrected chi connectivity index (χ3v) is 6.19. The smallest absolute Gasteiger partial charge is 0.240 e. The number of Topliss-reactive ketones (excluding diaryl/α,β-unsaturated/α-hetero) is 2. The zero-order valence-electron chi connectivity index (χ0n) is 18.5. The van der Waals surface area contributed by atoms with Crippen LogP contribution in [0, 0.1) is 5.41 Å². The van der Waals surface area contributed by atoms with Gasteiger partial charge in [0.2, 0.25) is 11.8 Å². The molecule has 1 unspecified atom stereocenters. The number of amides is 2. The molecule has 31 heavy (non-hydrogen) atoms. The third-order valence-electron chi connectivity index (χ3n) is 6.19. The van der Waals surface area contributed by atoms with Crippen molar-refractivity contribution in [1.82, 2.24) is 15.5 Å². The van der Waals surface area contributed by atoms with Crippen molar-refractivity contribution in [1.29, 1.82) is 0 Å². The highest BCUT2D eigenvalue weighted by Crippen LogP contribution is 2.28. The van der Waals surface area contributed by atoms with Crippen molar-refractivity contribution >= 4 is 23.4 Å². The maximum atomic E-state index is 13.0. The number of nitrogens with one attached hydrogen (secondary N) is 2. The molecule has 2 N–H and O–H groups in total. The van der Waals surface area contributed by atoms with Crippen molar-refractivity contribution in [3.05, 3.63) is 35.9 Å². The lowest BCUT2D eigenvalue weighted by Crippen LogP contribution is -2.49. The zero-order valence-corrected chi connectivity index (χ0v) is 18.5. The molecular formula is C24H33N3O4. The highest BCUT2D eigenvalue weighted by Gasteiger charge is 2.40. The number of hydrogen-bond acceptors (Lipinski definition) is 5. The van der Waals surface area contributed by atoms with Gasteiger partial charge in [-0.05, 0) is 37.8 Å². The van der Waals surface area contributed by atoms with Crippen LogP contribution in [-0.4, -0.2) is 60.0 Å². The average molecular weight is 428 g/mol. The lowest BCUT2D eigenvalue weighted by atomic mass is 9.84. The van der Waals surface area contributed by atoms with E-state index in [0.717, 1.165) is 31.4 Å². The van der Waals surface area contributed by atoms with Gasteiger partial charge in [0.05, 0.1) is 24.0 Å². The molecule has 2 amide bonds. The summed E-state index contributed by atoms with van der Waals surface area (Å²) in [7, 11) is 0. The Hall–Kier alpha value is -2.54. The number of ketones is 2. The Morgan fingerprint density at radius 1 is 1.10 bits per heavy atom. The molecule has 2 aliphatic rings. The minimum Gasteiger partial charge on any atom is -0.349 e. The summed E-state index contributed by atoms with van der Waals surface area (Å²) in [6, 6.07) is 8.72. The Morgan fingerprint density at radius 2 is 1.84 bits per heavy atom. The quantitative estimate of drug-likeness (QED) is 0.625. The van der Waals surface area contributed by atoms with Gasteiger partial charge in [-0.25, -0.2) is 0 Å². The molecule has 2 saturated heterocycles. The first-order valence-electron chi connectivity index (χ1n) is 11.2. The van der Waals surface area contributed by atoms with Crippen molar-refractivity contribution < 1.29 is 19.2 Å². The molecule has 7 nitrogen and oxygen atoms in total. The Labute approximate surface area is 183 Å². The van der Waals surface area contributed by atoms with Crippen molar-refractivity contribution in [3.8, 4) is 0 Å². The van der Waals surface area contributed by atoms with Crippen LogP contribution in [0.15, 0.2) is 30.3 Å². The molecular weight excluding hydrogens is 394 g/mol. The van der Waals surface area contributed by atoms with E-state index in [4.69, 9.17) is 0 Å². The summed E-state index contributed by atoms with van der Waals surface area (Å²) < 4.78 is 0. The van der Waals surface area contributed by atoms with E-state index in [1.165, 1.54) is 0 Å². The molecule has 2 heterocycles. The molecule has 0 bridgehead atoms. The largest absolute Gasteiger partial charge is 0.349 e. The van der Waals surface area contributed by atoms with Gasteiger partial charge in [0.25, 0.3) is 0 Å². The zero-order chi connectivity index (χ0) is 22.4. The lowest BCUT2D eigenvalue weighted by Gasteiger charge is -2.29. The highest BCUT2D eigenvalue weighted by atomic mass is 16.2. The maximum absolute atomic E-state index is 13.0. The highest BCUT2D eigenvalue weighted by molar-refractivity contribution is 5.96. The van der Waals surface area contributed by atoms with E-state index in [9.17, 15) is 19.2 Å². The molecule has 0 spiro atoms. The van der Waals surface area contributed by atoms with Crippen LogP contribution >= 0.6 is 0 Å². The van der Waals surface area contributed by atoms with Gasteiger partial charge in [-0.15, -0.1) is 0 Å². The molecule has 0 aromatic heterocycles. The van der Waals surface area contributed by atoms with Gasteiger partial charge in [-0.3, -0.25) is 19.2 Å². The lowest BCUT2D eigenvalue weighted by molar-refractivity contribution is -0.141. The van der Waals surface area contributed by atoms with E-state index in [1.54, 1.807) is 18.7 Å². The van der Waals surface area contributed by atoms with E-state index in [2.05, 4.69) is 10.6 Å². The number of likely N-dealkylation sites (tertiary alicyclic amines) is 1. The normalized spacial score (nSPS) is 21.2. The second-order valence-electron chi connectivity index (χ2n) is 9.25. The predicted octanol–water partition coefficient (Wildman–Crippen LogP) is 1.64. The van der Waals surface area contributed by atoms with E-state index in [1.807, 2.05) is 30.3 Å². The molecule has 2 aliphatic heterocycles. The summed E-state index contributed by atoms with van der Waals surface area (Å²) in [5, 5.41) is 5.89. The van der Waals surface area contributed by atoms with E-state index < -0.39 is 11.5 Å². The van der Waals surface area contributed by atoms with Gasteiger partial charge in [0, 0.05) is 19.4 Å². The minimum atomic E-state index is -0.951. The van der Waals surface area contributed by atoms with Crippen LogP contribution in [0.3, 0.4) is 0 Å². The molecule has 7 heteroatoms. The monoisotopic (exact) mass is 427 g/mol. The number of carbonyl (C=O) groups excluding carboxylic acids is 4. The Kier molecular flexibility index (Phi) is 7.59. The Balaban J connectivity index is 1.51. The van der Waals surface area contributed by atoms with Crippen molar-refractivity contribution in [2.75, 3.05) is 19.6 Å². The van der Waals surface area contributed by atoms with Crippen LogP contribution < -0.4 is 10.6 Å². The van der Waals surface area contributed by atoms with Crippen molar-refractivity contribution in [2.45, 2.75) is 64.5 Å². The van der Waals surface area contributed by atoms with Gasteiger partial charge < -0.3 is 15.5 Å². The molecule has 1 aromatic carbocycles. The first-order chi connectivity index (χ1) is 14.8. The van der Waals surface area contributed by atoms with Gasteiger partial charge in [-0.2, -0.15) is 0 Å². The molecule has 168 valence electrons. The number of carbonyl (C=O) groups is 4. The van der Waals surface area contributed by atoms with Gasteiger partial charge in [-0.1, -0.05) is 44.2 Å². The molecule has 0 radical (unpaired) electrons. The van der Waals surface area contributed by atoms with E-state index in [-0.39, 0.29) is 48.8 Å². The molecule has 2 atom stereocenters. The second kappa shape index (κ2) is 10.2. The summed E-state index contributed by atoms with van der Waals surface area (Å²) >= 11 is 0. The second-order valence-corrected chi connectivity index (χ2v) is 9.25. The van der Waals surface area contributed by atoms with Crippen LogP contribution in [0.5, 0.6) is 0 Å². The summed E-state index contributed by atoms with van der Waals surface area (Å²) in [6.07, 6.45) is 3.52. The van der Waals surface area contributed by atoms with Gasteiger partial charge >= 0.3 is 0 Å². The molecule has 3 rings (SSSR count). The molecule has 1 aromatic rings. The van der Waals surface area contributed by atoms with Crippen molar-refractivity contribution in [3.63, 3.8) is 0 Å². The standard InChI is InChI=1S/C24H33N3O4/c1-24(2,23(31)26-16-18(28)14-17-8-4-3-5-9-17)15-21(29)20-11-7-13-27(20)22(30)19-10-6-12-25-19/h3-5,8-9,19-20,25H,6-7,10-16H2,1-2H3,(H,26,31)/t19-,20?/m1/s1. The van der Waals surface area contributed by atoms with Crippen molar-refractivity contribution in [2.24, 2.45) is 5.41 Å². The van der Waals surface area contributed by atoms with Crippen LogP contribution in [0.1, 0.15) is 51.5 Å². The summed E-state index contributed by atoms with van der Waals surface area (Å²) in [5.41, 5.74) is -0.0496. The minimum absolute atomic E-state index is 0.00196. The van der Waals surface area contributed by atoms with E-state index in [0.29, 0.717) is 13.0 Å². The van der Waals surface area contributed by atoms with E-state index >= 15 is 0 Å². The fraction of sp³-hybridized carbons (Fsp3) is 0.583. The topological polar surface area (TPSA) is 95.6 Å². The first-order valence-corrected chi connectivity index (χ1v) is 11.2. The summed E-state index contributed by atoms with van der Waals surface area (Å²) in [6.45, 7) is 4.78. The van der Waals surface area contributed by atoms with Gasteiger partial charge in [0.15, 0.2) is 11.6 Å². The molecule has 0 aliphatic carbocycles. The van der Waals surface area contributed by atoms with Crippen LogP contribution in [0.2, 0.25) is 0 Å². The SMILES string of the molecule is CC(C)(CC(=O)C1CCCN1C(=O)[C@H]1CCCN1)C(=O)NCC(=O)Cc1ccccc1. The third kappa shape index (κ3) is 6.00. The first kappa shape index (κ1) is 23.1. The van der Waals surface area contributed by atoms with Gasteiger partial charge in [0.1, 0.15) is 0 Å². The summed E-state index contributed by atoms with van der Waals surface area (Å²) in [5.74, 6) is -0.490. The Bertz CT molecular complexity index is 815. The fourth-order valence-corrected chi connectivity index (χ4v) is 4.40. The number of nitrogens with zero attached hydrogens (tertiary/aromatic N) is 1. The van der Waals surface area contributed by atoms with Crippen LogP contribution in [0.25, 0.3) is 0 Å².